The van der Waals surface area contributed by atoms with Crippen LogP contribution in [0.5, 0.6) is 5.75 Å². The SMILES string of the molecule is COc1ccc(S(=O)(=O)N2CCC(C(=O)Nc3nc4c(s3)CCc3ccccc3-4)CC2)cc1. The number of nitrogens with zero attached hydrogens (tertiary/aromatic N) is 2. The number of amides is 1. The Bertz CT molecular complexity index is 1280. The van der Waals surface area contributed by atoms with Crippen LogP contribution in [0.1, 0.15) is 23.3 Å². The van der Waals surface area contributed by atoms with Gasteiger partial charge in [-0.1, -0.05) is 24.3 Å². The second-order valence-corrected chi connectivity index (χ2v) is 11.3. The van der Waals surface area contributed by atoms with Crippen molar-refractivity contribution in [3.8, 4) is 17.0 Å². The highest BCUT2D eigenvalue weighted by Gasteiger charge is 2.32. The van der Waals surface area contributed by atoms with Crippen molar-refractivity contribution in [3.05, 3.63) is 59.0 Å². The fourth-order valence-electron chi connectivity index (χ4n) is 4.47. The topological polar surface area (TPSA) is 88.6 Å². The predicted octanol–water partition coefficient (Wildman–Crippen LogP) is 3.96. The minimum atomic E-state index is -3.59. The van der Waals surface area contributed by atoms with Crippen molar-refractivity contribution in [1.82, 2.24) is 9.29 Å². The van der Waals surface area contributed by atoms with Crippen LogP contribution in [0, 0.1) is 5.92 Å². The Balaban J connectivity index is 1.22. The summed E-state index contributed by atoms with van der Waals surface area (Å²) in [5.74, 6) is 0.285. The van der Waals surface area contributed by atoms with E-state index in [1.807, 2.05) is 12.1 Å². The average Bonchev–Trinajstić information content (AvgIpc) is 3.27. The van der Waals surface area contributed by atoms with Crippen LogP contribution >= 0.6 is 11.3 Å². The molecule has 172 valence electrons. The van der Waals surface area contributed by atoms with Gasteiger partial charge in [0.2, 0.25) is 15.9 Å². The number of fused-ring (bicyclic) bond motifs is 3. The lowest BCUT2D eigenvalue weighted by atomic mass is 9.94. The molecule has 0 bridgehead atoms. The standard InChI is InChI=1S/C24H25N3O4S2/c1-31-18-7-9-19(10-8-18)33(29,30)27-14-12-17(13-15-27)23(28)26-24-25-22-20-5-3-2-4-16(20)6-11-21(22)32-24/h2-5,7-10,17H,6,11-15H2,1H3,(H,25,26,28). The number of aromatic nitrogens is 1. The molecule has 0 saturated carbocycles. The minimum absolute atomic E-state index is 0.0872. The van der Waals surface area contributed by atoms with Crippen molar-refractivity contribution in [3.63, 3.8) is 0 Å². The molecule has 1 aromatic heterocycles. The van der Waals surface area contributed by atoms with Gasteiger partial charge in [0.25, 0.3) is 0 Å². The van der Waals surface area contributed by atoms with Gasteiger partial charge < -0.3 is 10.1 Å². The highest BCUT2D eigenvalue weighted by atomic mass is 32.2. The van der Waals surface area contributed by atoms with Crippen LogP contribution in [-0.2, 0) is 27.7 Å². The summed E-state index contributed by atoms with van der Waals surface area (Å²) in [5.41, 5.74) is 3.41. The maximum atomic E-state index is 12.9. The number of thiazole rings is 1. The summed E-state index contributed by atoms with van der Waals surface area (Å²) in [6.07, 6.45) is 2.88. The molecule has 5 rings (SSSR count). The van der Waals surface area contributed by atoms with E-state index in [2.05, 4.69) is 17.4 Å². The van der Waals surface area contributed by atoms with Gasteiger partial charge in [0, 0.05) is 29.4 Å². The molecule has 1 N–H and O–H groups in total. The molecule has 33 heavy (non-hydrogen) atoms. The predicted molar refractivity (Wildman–Crippen MR) is 128 cm³/mol. The molecule has 0 unspecified atom stereocenters. The van der Waals surface area contributed by atoms with Crippen molar-refractivity contribution in [2.45, 2.75) is 30.6 Å². The number of rotatable bonds is 5. The molecule has 0 radical (unpaired) electrons. The van der Waals surface area contributed by atoms with E-state index in [4.69, 9.17) is 9.72 Å². The zero-order valence-electron chi connectivity index (χ0n) is 18.3. The zero-order chi connectivity index (χ0) is 23.0. The van der Waals surface area contributed by atoms with Gasteiger partial charge in [-0.25, -0.2) is 13.4 Å². The summed E-state index contributed by atoms with van der Waals surface area (Å²) in [7, 11) is -2.05. The first-order chi connectivity index (χ1) is 16.0. The molecular formula is C24H25N3O4S2. The van der Waals surface area contributed by atoms with Gasteiger partial charge in [-0.3, -0.25) is 4.79 Å². The molecule has 0 spiro atoms. The van der Waals surface area contributed by atoms with Crippen LogP contribution in [0.4, 0.5) is 5.13 Å². The van der Waals surface area contributed by atoms with Gasteiger partial charge in [0.1, 0.15) is 5.75 Å². The summed E-state index contributed by atoms with van der Waals surface area (Å²) >= 11 is 1.54. The van der Waals surface area contributed by atoms with Crippen LogP contribution < -0.4 is 10.1 Å². The molecule has 2 heterocycles. The molecule has 1 amide bonds. The highest BCUT2D eigenvalue weighted by Crippen LogP contribution is 2.38. The van der Waals surface area contributed by atoms with Gasteiger partial charge in [0.15, 0.2) is 5.13 Å². The van der Waals surface area contributed by atoms with Crippen molar-refractivity contribution in [2.24, 2.45) is 5.92 Å². The molecule has 1 fully saturated rings. The highest BCUT2D eigenvalue weighted by molar-refractivity contribution is 7.89. The Kier molecular flexibility index (Phi) is 5.94. The van der Waals surface area contributed by atoms with Crippen LogP contribution in [0.3, 0.4) is 0 Å². The Morgan fingerprint density at radius 2 is 1.82 bits per heavy atom. The van der Waals surface area contributed by atoms with E-state index < -0.39 is 10.0 Å². The van der Waals surface area contributed by atoms with E-state index in [1.165, 1.54) is 26.1 Å². The third-order valence-electron chi connectivity index (χ3n) is 6.34. The summed E-state index contributed by atoms with van der Waals surface area (Å²) < 4.78 is 32.4. The van der Waals surface area contributed by atoms with E-state index in [0.717, 1.165) is 24.1 Å². The molecule has 3 aromatic rings. The Labute approximate surface area is 197 Å². The number of nitrogens with one attached hydrogen (secondary N) is 1. The molecular weight excluding hydrogens is 458 g/mol. The monoisotopic (exact) mass is 483 g/mol. The fraction of sp³-hybridized carbons (Fsp3) is 0.333. The number of piperidine rings is 1. The first-order valence-corrected chi connectivity index (χ1v) is 13.2. The molecule has 0 atom stereocenters. The average molecular weight is 484 g/mol. The number of carbonyl (C=O) groups excluding carboxylic acids is 1. The summed E-state index contributed by atoms with van der Waals surface area (Å²) in [6.45, 7) is 0.627. The first-order valence-electron chi connectivity index (χ1n) is 11.0. The third-order valence-corrected chi connectivity index (χ3v) is 9.29. The number of hydrogen-bond donors (Lipinski definition) is 1. The van der Waals surface area contributed by atoms with E-state index in [9.17, 15) is 13.2 Å². The number of hydrogen-bond acceptors (Lipinski definition) is 6. The second-order valence-electron chi connectivity index (χ2n) is 8.29. The maximum Gasteiger partial charge on any atom is 0.243 e. The van der Waals surface area contributed by atoms with Crippen molar-refractivity contribution >= 4 is 32.4 Å². The van der Waals surface area contributed by atoms with Crippen LogP contribution in [-0.4, -0.2) is 43.8 Å². The summed E-state index contributed by atoms with van der Waals surface area (Å²) in [6, 6.07) is 14.6. The smallest absolute Gasteiger partial charge is 0.243 e. The lowest BCUT2D eigenvalue weighted by Crippen LogP contribution is -2.41. The fourth-order valence-corrected chi connectivity index (χ4v) is 6.91. The molecule has 1 aliphatic carbocycles. The number of methoxy groups -OCH3 is 1. The third kappa shape index (κ3) is 4.28. The first kappa shape index (κ1) is 22.1. The number of ether oxygens (including phenoxy) is 1. The van der Waals surface area contributed by atoms with Crippen molar-refractivity contribution < 1.29 is 17.9 Å². The number of aryl methyl sites for hydroxylation is 2. The van der Waals surface area contributed by atoms with E-state index in [1.54, 1.807) is 31.4 Å². The maximum absolute atomic E-state index is 12.9. The Hall–Kier alpha value is -2.75. The normalized spacial score (nSPS) is 16.6. The number of carbonyl (C=O) groups is 1. The van der Waals surface area contributed by atoms with Crippen LogP contribution in [0.2, 0.25) is 0 Å². The minimum Gasteiger partial charge on any atom is -0.497 e. The quantitative estimate of drug-likeness (QED) is 0.594. The second kappa shape index (κ2) is 8.89. The van der Waals surface area contributed by atoms with Gasteiger partial charge in [-0.05, 0) is 55.5 Å². The molecule has 1 saturated heterocycles. The molecule has 2 aliphatic rings. The Morgan fingerprint density at radius 3 is 2.55 bits per heavy atom. The number of anilines is 1. The summed E-state index contributed by atoms with van der Waals surface area (Å²) in [4.78, 5) is 19.0. The molecule has 7 nitrogen and oxygen atoms in total. The van der Waals surface area contributed by atoms with E-state index in [0.29, 0.717) is 36.8 Å². The van der Waals surface area contributed by atoms with Crippen LogP contribution in [0.15, 0.2) is 53.4 Å². The lowest BCUT2D eigenvalue weighted by Gasteiger charge is -2.30. The summed E-state index contributed by atoms with van der Waals surface area (Å²) in [5, 5.41) is 3.60. The van der Waals surface area contributed by atoms with E-state index in [-0.39, 0.29) is 16.7 Å². The van der Waals surface area contributed by atoms with Gasteiger partial charge in [-0.2, -0.15) is 4.31 Å². The van der Waals surface area contributed by atoms with Crippen molar-refractivity contribution in [2.75, 3.05) is 25.5 Å². The van der Waals surface area contributed by atoms with E-state index >= 15 is 0 Å². The number of sulfonamides is 1. The van der Waals surface area contributed by atoms with Crippen LogP contribution in [0.25, 0.3) is 11.3 Å². The molecule has 2 aromatic carbocycles. The number of benzene rings is 2. The van der Waals surface area contributed by atoms with Crippen molar-refractivity contribution in [1.29, 1.82) is 0 Å². The molecule has 1 aliphatic heterocycles. The van der Waals surface area contributed by atoms with Gasteiger partial charge in [-0.15, -0.1) is 11.3 Å². The lowest BCUT2D eigenvalue weighted by molar-refractivity contribution is -0.120. The van der Waals surface area contributed by atoms with Gasteiger partial charge in [0.05, 0.1) is 17.7 Å². The Morgan fingerprint density at radius 1 is 1.09 bits per heavy atom. The molecule has 9 heteroatoms. The van der Waals surface area contributed by atoms with Gasteiger partial charge >= 0.3 is 0 Å². The zero-order valence-corrected chi connectivity index (χ0v) is 19.9. The largest absolute Gasteiger partial charge is 0.497 e.